The number of nitrogens with zero attached hydrogens (tertiary/aromatic N) is 3. The zero-order valence-corrected chi connectivity index (χ0v) is 16.3. The van der Waals surface area contributed by atoms with Gasteiger partial charge in [0, 0.05) is 50.3 Å². The number of hydrogen-bond donors (Lipinski definition) is 1. The summed E-state index contributed by atoms with van der Waals surface area (Å²) in [7, 11) is 1.89. The summed E-state index contributed by atoms with van der Waals surface area (Å²) in [5.41, 5.74) is 2.23. The van der Waals surface area contributed by atoms with E-state index in [0.717, 1.165) is 50.0 Å². The predicted octanol–water partition coefficient (Wildman–Crippen LogP) is 1.65. The Kier molecular flexibility index (Phi) is 5.37. The first kappa shape index (κ1) is 18.9. The number of likely N-dealkylation sites (tertiary alicyclic amines) is 1. The van der Waals surface area contributed by atoms with Gasteiger partial charge in [-0.05, 0) is 19.3 Å². The molecule has 1 N–H and O–H groups in total. The van der Waals surface area contributed by atoms with Crippen LogP contribution in [0.5, 0.6) is 0 Å². The number of amides is 2. The summed E-state index contributed by atoms with van der Waals surface area (Å²) >= 11 is 0. The Hall–Kier alpha value is -1.89. The Labute approximate surface area is 155 Å². The van der Waals surface area contributed by atoms with Crippen molar-refractivity contribution in [1.29, 1.82) is 0 Å². The zero-order valence-electron chi connectivity index (χ0n) is 16.3. The van der Waals surface area contributed by atoms with Crippen LogP contribution in [0.1, 0.15) is 61.8 Å². The minimum atomic E-state index is -0.244. The summed E-state index contributed by atoms with van der Waals surface area (Å²) in [5, 5.41) is 7.35. The lowest BCUT2D eigenvalue weighted by atomic mass is 9.83. The number of fused-ring (bicyclic) bond motifs is 1. The molecule has 0 bridgehead atoms. The predicted molar refractivity (Wildman–Crippen MR) is 97.7 cm³/mol. The van der Waals surface area contributed by atoms with Gasteiger partial charge in [-0.2, -0.15) is 5.10 Å². The molecule has 0 aromatic carbocycles. The van der Waals surface area contributed by atoms with Crippen molar-refractivity contribution in [2.45, 2.75) is 58.7 Å². The molecule has 7 heteroatoms. The van der Waals surface area contributed by atoms with Crippen molar-refractivity contribution in [1.82, 2.24) is 20.0 Å². The first-order valence-electron chi connectivity index (χ1n) is 9.62. The van der Waals surface area contributed by atoms with Gasteiger partial charge in [0.25, 0.3) is 5.91 Å². The maximum absolute atomic E-state index is 12.4. The molecule has 1 aromatic heterocycles. The van der Waals surface area contributed by atoms with Gasteiger partial charge < -0.3 is 15.0 Å². The van der Waals surface area contributed by atoms with Crippen molar-refractivity contribution < 1.29 is 14.3 Å². The van der Waals surface area contributed by atoms with Gasteiger partial charge in [-0.1, -0.05) is 20.8 Å². The molecule has 0 saturated carbocycles. The number of piperidine rings is 1. The molecule has 2 amide bonds. The number of aryl methyl sites for hydroxylation is 1. The molecule has 0 atom stereocenters. The third-order valence-corrected chi connectivity index (χ3v) is 5.52. The van der Waals surface area contributed by atoms with Crippen molar-refractivity contribution in [3.8, 4) is 0 Å². The quantitative estimate of drug-likeness (QED) is 0.884. The van der Waals surface area contributed by atoms with Crippen LogP contribution < -0.4 is 5.32 Å². The van der Waals surface area contributed by atoms with Crippen LogP contribution in [0.15, 0.2) is 0 Å². The Morgan fingerprint density at radius 1 is 1.31 bits per heavy atom. The second-order valence-corrected chi connectivity index (χ2v) is 7.78. The van der Waals surface area contributed by atoms with Crippen molar-refractivity contribution in [2.75, 3.05) is 19.6 Å². The van der Waals surface area contributed by atoms with Crippen LogP contribution in [0.25, 0.3) is 0 Å². The van der Waals surface area contributed by atoms with E-state index in [2.05, 4.69) is 10.4 Å². The van der Waals surface area contributed by atoms with Crippen LogP contribution in [0, 0.1) is 5.92 Å². The number of hydrogen-bond acceptors (Lipinski definition) is 4. The molecule has 1 aromatic rings. The highest BCUT2D eigenvalue weighted by molar-refractivity contribution is 5.94. The molecule has 3 rings (SSSR count). The van der Waals surface area contributed by atoms with Gasteiger partial charge in [0.1, 0.15) is 0 Å². The van der Waals surface area contributed by atoms with Gasteiger partial charge in [0.05, 0.1) is 12.2 Å². The van der Waals surface area contributed by atoms with E-state index in [1.165, 1.54) is 0 Å². The number of rotatable bonds is 4. The van der Waals surface area contributed by atoms with Crippen molar-refractivity contribution in [3.05, 3.63) is 17.0 Å². The standard InChI is InChI=1S/C19H30N4O3/c1-5-8-20-17(24)16-14-12-26-19(11-15(14)22(4)21-16)6-9-23(10-7-19)18(25)13(2)3/h13H,5-12H2,1-4H3,(H,20,24). The van der Waals surface area contributed by atoms with Crippen LogP contribution in [0.2, 0.25) is 0 Å². The highest BCUT2D eigenvalue weighted by Crippen LogP contribution is 2.37. The molecule has 1 saturated heterocycles. The molecule has 0 unspecified atom stereocenters. The highest BCUT2D eigenvalue weighted by atomic mass is 16.5. The first-order valence-corrected chi connectivity index (χ1v) is 9.62. The van der Waals surface area contributed by atoms with E-state index in [0.29, 0.717) is 18.8 Å². The van der Waals surface area contributed by atoms with Crippen LogP contribution in [-0.4, -0.2) is 51.7 Å². The lowest BCUT2D eigenvalue weighted by Gasteiger charge is -2.44. The highest BCUT2D eigenvalue weighted by Gasteiger charge is 2.42. The maximum atomic E-state index is 12.4. The molecule has 0 radical (unpaired) electrons. The van der Waals surface area contributed by atoms with E-state index >= 15 is 0 Å². The summed E-state index contributed by atoms with van der Waals surface area (Å²) in [6.07, 6.45) is 3.30. The number of nitrogens with one attached hydrogen (secondary N) is 1. The SMILES string of the molecule is CCCNC(=O)c1nn(C)c2c1COC1(CCN(C(=O)C(C)C)CC1)C2. The molecule has 2 aliphatic heterocycles. The van der Waals surface area contributed by atoms with Gasteiger partial charge in [-0.3, -0.25) is 14.3 Å². The second kappa shape index (κ2) is 7.39. The molecule has 1 spiro atoms. The molecular weight excluding hydrogens is 332 g/mol. The minimum absolute atomic E-state index is 0.0317. The zero-order chi connectivity index (χ0) is 18.9. The summed E-state index contributed by atoms with van der Waals surface area (Å²) in [4.78, 5) is 26.5. The summed E-state index contributed by atoms with van der Waals surface area (Å²) in [6.45, 7) is 8.43. The van der Waals surface area contributed by atoms with Crippen LogP contribution in [-0.2, 0) is 29.6 Å². The molecule has 0 aliphatic carbocycles. The topological polar surface area (TPSA) is 76.5 Å². The smallest absolute Gasteiger partial charge is 0.272 e. The van der Waals surface area contributed by atoms with Crippen molar-refractivity contribution >= 4 is 11.8 Å². The lowest BCUT2D eigenvalue weighted by molar-refractivity contribution is -0.144. The van der Waals surface area contributed by atoms with E-state index in [-0.39, 0.29) is 23.3 Å². The fourth-order valence-electron chi connectivity index (χ4n) is 3.88. The average molecular weight is 362 g/mol. The average Bonchev–Trinajstić information content (AvgIpc) is 2.96. The van der Waals surface area contributed by atoms with E-state index in [9.17, 15) is 9.59 Å². The monoisotopic (exact) mass is 362 g/mol. The van der Waals surface area contributed by atoms with E-state index in [1.807, 2.05) is 37.4 Å². The molecule has 7 nitrogen and oxygen atoms in total. The Morgan fingerprint density at radius 2 is 2.00 bits per heavy atom. The van der Waals surface area contributed by atoms with Gasteiger partial charge in [0.15, 0.2) is 5.69 Å². The van der Waals surface area contributed by atoms with Crippen LogP contribution in [0.4, 0.5) is 0 Å². The summed E-state index contributed by atoms with van der Waals surface area (Å²) in [6, 6.07) is 0. The number of aromatic nitrogens is 2. The third-order valence-electron chi connectivity index (χ3n) is 5.52. The minimum Gasteiger partial charge on any atom is -0.370 e. The van der Waals surface area contributed by atoms with E-state index in [1.54, 1.807) is 0 Å². The number of ether oxygens (including phenoxy) is 1. The van der Waals surface area contributed by atoms with Gasteiger partial charge in [-0.15, -0.1) is 0 Å². The molecule has 3 heterocycles. The van der Waals surface area contributed by atoms with Crippen molar-refractivity contribution in [2.24, 2.45) is 13.0 Å². The largest absolute Gasteiger partial charge is 0.370 e. The van der Waals surface area contributed by atoms with Crippen LogP contribution in [0.3, 0.4) is 0 Å². The first-order chi connectivity index (χ1) is 12.4. The van der Waals surface area contributed by atoms with Gasteiger partial charge in [-0.25, -0.2) is 0 Å². The molecule has 26 heavy (non-hydrogen) atoms. The Morgan fingerprint density at radius 3 is 2.62 bits per heavy atom. The third kappa shape index (κ3) is 3.49. The maximum Gasteiger partial charge on any atom is 0.272 e. The fourth-order valence-corrected chi connectivity index (χ4v) is 3.88. The molecule has 2 aliphatic rings. The summed E-state index contributed by atoms with van der Waals surface area (Å²) in [5.74, 6) is 0.122. The Balaban J connectivity index is 1.72. The molecule has 1 fully saturated rings. The number of carbonyl (C=O) groups is 2. The molecular formula is C19H30N4O3. The van der Waals surface area contributed by atoms with E-state index < -0.39 is 0 Å². The number of carbonyl (C=O) groups excluding carboxylic acids is 2. The second-order valence-electron chi connectivity index (χ2n) is 7.78. The molecule has 144 valence electrons. The fraction of sp³-hybridized carbons (Fsp3) is 0.737. The Bertz CT molecular complexity index is 687. The van der Waals surface area contributed by atoms with Gasteiger partial charge >= 0.3 is 0 Å². The lowest BCUT2D eigenvalue weighted by Crippen LogP contribution is -2.51. The van der Waals surface area contributed by atoms with Crippen molar-refractivity contribution in [3.63, 3.8) is 0 Å². The van der Waals surface area contributed by atoms with E-state index in [4.69, 9.17) is 4.74 Å². The summed E-state index contributed by atoms with van der Waals surface area (Å²) < 4.78 is 8.08. The van der Waals surface area contributed by atoms with Crippen LogP contribution >= 0.6 is 0 Å². The normalized spacial score (nSPS) is 18.9. The van der Waals surface area contributed by atoms with Gasteiger partial charge in [0.2, 0.25) is 5.91 Å².